The number of hydrogen-bond acceptors (Lipinski definition) is 3. The first-order chi connectivity index (χ1) is 16.8. The lowest BCUT2D eigenvalue weighted by molar-refractivity contribution is -0.0576. The van der Waals surface area contributed by atoms with Crippen LogP contribution >= 0.6 is 0 Å². The molecular weight excluding hydrogens is 453 g/mol. The van der Waals surface area contributed by atoms with Crippen molar-refractivity contribution in [1.29, 1.82) is 0 Å². The summed E-state index contributed by atoms with van der Waals surface area (Å²) in [6.07, 6.45) is 8.71. The summed E-state index contributed by atoms with van der Waals surface area (Å²) < 4.78 is 61.8. The molecule has 2 aliphatic heterocycles. The second kappa shape index (κ2) is 11.2. The van der Waals surface area contributed by atoms with Gasteiger partial charge in [-0.2, -0.15) is 8.78 Å². The minimum atomic E-state index is -1.07. The monoisotopic (exact) mass is 490 g/mol. The van der Waals surface area contributed by atoms with Gasteiger partial charge in [0.2, 0.25) is 11.6 Å². The van der Waals surface area contributed by atoms with Crippen molar-refractivity contribution in [2.75, 3.05) is 13.2 Å². The maximum absolute atomic E-state index is 15.2. The normalized spacial score (nSPS) is 28.2. The first-order valence-electron chi connectivity index (χ1n) is 13.0. The van der Waals surface area contributed by atoms with Crippen molar-refractivity contribution in [3.8, 4) is 5.75 Å². The molecule has 1 aromatic carbocycles. The number of fused-ring (bicyclic) bond motifs is 1. The van der Waals surface area contributed by atoms with Gasteiger partial charge in [-0.15, -0.1) is 0 Å². The number of rotatable bonds is 7. The van der Waals surface area contributed by atoms with Gasteiger partial charge < -0.3 is 14.2 Å². The van der Waals surface area contributed by atoms with E-state index in [4.69, 9.17) is 14.2 Å². The molecule has 4 rings (SSSR count). The molecule has 0 N–H and O–H groups in total. The molecule has 3 aliphatic rings. The predicted octanol–water partition coefficient (Wildman–Crippen LogP) is 8.06. The molecule has 0 spiro atoms. The van der Waals surface area contributed by atoms with Crippen LogP contribution in [-0.2, 0) is 15.9 Å². The minimum absolute atomic E-state index is 0.0536. The van der Waals surface area contributed by atoms with E-state index in [0.29, 0.717) is 28.5 Å². The second-order valence-electron chi connectivity index (χ2n) is 10.2. The van der Waals surface area contributed by atoms with Crippen molar-refractivity contribution >= 4 is 0 Å². The Morgan fingerprint density at radius 1 is 1.09 bits per heavy atom. The van der Waals surface area contributed by atoms with Gasteiger partial charge in [-0.25, -0.2) is 4.39 Å². The molecule has 2 unspecified atom stereocenters. The summed E-state index contributed by atoms with van der Waals surface area (Å²) in [7, 11) is 0. The molecule has 0 aromatic heterocycles. The van der Waals surface area contributed by atoms with Crippen LogP contribution in [0.15, 0.2) is 42.1 Å². The smallest absolute Gasteiger partial charge is 0.207 e. The molecule has 1 aromatic rings. The summed E-state index contributed by atoms with van der Waals surface area (Å²) in [4.78, 5) is 0. The van der Waals surface area contributed by atoms with Crippen LogP contribution in [0.3, 0.4) is 0 Å². The Hall–Kier alpha value is -2.21. The van der Waals surface area contributed by atoms with Crippen molar-refractivity contribution in [2.45, 2.75) is 83.7 Å². The third kappa shape index (κ3) is 5.47. The average Bonchev–Trinajstić information content (AvgIpc) is 2.86. The fourth-order valence-corrected chi connectivity index (χ4v) is 5.91. The van der Waals surface area contributed by atoms with Gasteiger partial charge in [-0.05, 0) is 86.8 Å². The Kier molecular flexibility index (Phi) is 8.31. The molecule has 1 saturated carbocycles. The molecule has 35 heavy (non-hydrogen) atoms. The Labute approximate surface area is 207 Å². The fourth-order valence-electron chi connectivity index (χ4n) is 5.91. The van der Waals surface area contributed by atoms with Crippen LogP contribution in [-0.4, -0.2) is 19.3 Å². The van der Waals surface area contributed by atoms with Crippen molar-refractivity contribution in [2.24, 2.45) is 11.8 Å². The molecular formula is C29H37F3O3. The lowest BCUT2D eigenvalue weighted by Crippen LogP contribution is -2.34. The number of allylic oxidation sites excluding steroid dienone is 2. The third-order valence-electron chi connectivity index (χ3n) is 7.80. The lowest BCUT2D eigenvalue weighted by atomic mass is 9.74. The lowest BCUT2D eigenvalue weighted by Gasteiger charge is -2.38. The van der Waals surface area contributed by atoms with Crippen molar-refractivity contribution in [3.05, 3.63) is 64.9 Å². The van der Waals surface area contributed by atoms with Gasteiger partial charge in [-0.1, -0.05) is 26.5 Å². The molecule has 192 valence electrons. The highest BCUT2D eigenvalue weighted by molar-refractivity contribution is 5.51. The van der Waals surface area contributed by atoms with Gasteiger partial charge in [0.1, 0.15) is 0 Å². The zero-order valence-electron chi connectivity index (χ0n) is 20.9. The largest absolute Gasteiger partial charge is 0.491 e. The van der Waals surface area contributed by atoms with Crippen molar-refractivity contribution in [3.63, 3.8) is 0 Å². The summed E-state index contributed by atoms with van der Waals surface area (Å²) in [5.74, 6) is -2.47. The molecule has 1 aliphatic carbocycles. The van der Waals surface area contributed by atoms with Gasteiger partial charge in [0.25, 0.3) is 0 Å². The fraction of sp³-hybridized carbons (Fsp3) is 0.586. The Morgan fingerprint density at radius 3 is 2.46 bits per heavy atom. The molecule has 0 amide bonds. The second-order valence-corrected chi connectivity index (χ2v) is 10.2. The summed E-state index contributed by atoms with van der Waals surface area (Å²) in [5, 5.41) is 0. The zero-order chi connectivity index (χ0) is 25.1. The highest BCUT2D eigenvalue weighted by atomic mass is 19.2. The SMILES string of the molecule is C=C(OCC)/C(F)=C1/Oc2c(cc(C3CCC(C4CCC(CCC)CO4)CC3)c(F)c2F)CC1=C. The van der Waals surface area contributed by atoms with Crippen LogP contribution in [0.25, 0.3) is 0 Å². The summed E-state index contributed by atoms with van der Waals surface area (Å²) >= 11 is 0. The van der Waals surface area contributed by atoms with E-state index < -0.39 is 17.5 Å². The van der Waals surface area contributed by atoms with Crippen LogP contribution in [0.4, 0.5) is 13.2 Å². The van der Waals surface area contributed by atoms with E-state index in [1.165, 1.54) is 19.3 Å². The maximum atomic E-state index is 15.2. The van der Waals surface area contributed by atoms with Crippen LogP contribution in [0.2, 0.25) is 0 Å². The average molecular weight is 491 g/mol. The Bertz CT molecular complexity index is 983. The Balaban J connectivity index is 1.45. The van der Waals surface area contributed by atoms with Crippen molar-refractivity contribution < 1.29 is 27.4 Å². The van der Waals surface area contributed by atoms with E-state index >= 15 is 8.78 Å². The molecule has 2 atom stereocenters. The van der Waals surface area contributed by atoms with Crippen LogP contribution in [0, 0.1) is 23.5 Å². The number of benzene rings is 1. The van der Waals surface area contributed by atoms with Gasteiger partial charge >= 0.3 is 0 Å². The number of hydrogen-bond donors (Lipinski definition) is 0. The topological polar surface area (TPSA) is 27.7 Å². The highest BCUT2D eigenvalue weighted by Gasteiger charge is 2.35. The van der Waals surface area contributed by atoms with Crippen LogP contribution in [0.5, 0.6) is 5.75 Å². The quantitative estimate of drug-likeness (QED) is 0.362. The highest BCUT2D eigenvalue weighted by Crippen LogP contribution is 2.45. The third-order valence-corrected chi connectivity index (χ3v) is 7.80. The molecule has 2 heterocycles. The van der Waals surface area contributed by atoms with E-state index in [1.807, 2.05) is 0 Å². The summed E-state index contributed by atoms with van der Waals surface area (Å²) in [6.45, 7) is 12.4. The standard InChI is InChI=1S/C29H37F3O3/c1-5-7-19-8-13-24(34-16-19)21-11-9-20(10-12-21)23-15-22-14-17(3)28(25(30)18(4)33-6-2)35-29(22)27(32)26(23)31/h15,19-21,24H,3-14,16H2,1-2H3/b28-25-. The first kappa shape index (κ1) is 25.9. The number of ether oxygens (including phenoxy) is 3. The number of halogens is 3. The van der Waals surface area contributed by atoms with Gasteiger partial charge in [0.15, 0.2) is 23.1 Å². The Morgan fingerprint density at radius 2 is 1.83 bits per heavy atom. The van der Waals surface area contributed by atoms with Crippen molar-refractivity contribution in [1.82, 2.24) is 0 Å². The van der Waals surface area contributed by atoms with E-state index in [-0.39, 0.29) is 42.3 Å². The van der Waals surface area contributed by atoms with E-state index in [9.17, 15) is 4.39 Å². The molecule has 0 bridgehead atoms. The molecule has 2 fully saturated rings. The molecule has 6 heteroatoms. The van der Waals surface area contributed by atoms with E-state index in [0.717, 1.165) is 38.7 Å². The van der Waals surface area contributed by atoms with Gasteiger partial charge in [0.05, 0.1) is 12.7 Å². The minimum Gasteiger partial charge on any atom is -0.491 e. The molecule has 0 radical (unpaired) electrons. The maximum Gasteiger partial charge on any atom is 0.207 e. The molecule has 3 nitrogen and oxygen atoms in total. The van der Waals surface area contributed by atoms with Gasteiger partial charge in [-0.3, -0.25) is 0 Å². The van der Waals surface area contributed by atoms with Gasteiger partial charge in [0, 0.05) is 18.6 Å². The zero-order valence-corrected chi connectivity index (χ0v) is 20.9. The van der Waals surface area contributed by atoms with Crippen LogP contribution in [0.1, 0.15) is 82.3 Å². The summed E-state index contributed by atoms with van der Waals surface area (Å²) in [6, 6.07) is 1.68. The first-order valence-corrected chi connectivity index (χ1v) is 13.0. The van der Waals surface area contributed by atoms with E-state index in [1.54, 1.807) is 13.0 Å². The summed E-state index contributed by atoms with van der Waals surface area (Å²) in [5.41, 5.74) is 1.21. The predicted molar refractivity (Wildman–Crippen MR) is 131 cm³/mol. The van der Waals surface area contributed by atoms with E-state index in [2.05, 4.69) is 20.1 Å². The van der Waals surface area contributed by atoms with Crippen LogP contribution < -0.4 is 4.74 Å². The molecule has 1 saturated heterocycles.